The molecule has 0 atom stereocenters. The number of carbonyl (C=O) groups is 1. The van der Waals surface area contributed by atoms with Crippen LogP contribution in [0.2, 0.25) is 0 Å². The number of anilines is 1. The number of hydrogen-bond donors (Lipinski definition) is 1. The first-order chi connectivity index (χ1) is 12.5. The third-order valence-electron chi connectivity index (χ3n) is 3.90. The summed E-state index contributed by atoms with van der Waals surface area (Å²) in [4.78, 5) is 24.9. The van der Waals surface area contributed by atoms with Gasteiger partial charge in [-0.3, -0.25) is 19.7 Å². The Kier molecular flexibility index (Phi) is 4.53. The third-order valence-corrected chi connectivity index (χ3v) is 3.90. The monoisotopic (exact) mass is 349 g/mol. The molecule has 0 saturated carbocycles. The predicted molar refractivity (Wildman–Crippen MR) is 95.5 cm³/mol. The molecule has 1 aromatic carbocycles. The highest BCUT2D eigenvalue weighted by atomic mass is 16.3. The van der Waals surface area contributed by atoms with Gasteiger partial charge in [-0.15, -0.1) is 0 Å². The van der Waals surface area contributed by atoms with Crippen molar-refractivity contribution in [2.24, 2.45) is 12.1 Å². The number of furan rings is 1. The quantitative estimate of drug-likeness (QED) is 0.432. The van der Waals surface area contributed by atoms with Crippen LogP contribution in [0, 0.1) is 18.3 Å². The van der Waals surface area contributed by atoms with Gasteiger partial charge in [0.15, 0.2) is 5.76 Å². The molecule has 2 heterocycles. The van der Waals surface area contributed by atoms with Gasteiger partial charge in [0.2, 0.25) is 5.71 Å². The molecule has 3 rings (SSSR count). The zero-order valence-corrected chi connectivity index (χ0v) is 14.1. The van der Waals surface area contributed by atoms with E-state index in [4.69, 9.17) is 4.42 Å². The zero-order valence-electron chi connectivity index (χ0n) is 14.1. The number of rotatable bonds is 5. The molecule has 0 amide bonds. The van der Waals surface area contributed by atoms with Gasteiger partial charge in [-0.2, -0.15) is 10.4 Å². The molecule has 130 valence electrons. The van der Waals surface area contributed by atoms with Crippen molar-refractivity contribution in [1.82, 2.24) is 9.36 Å². The summed E-state index contributed by atoms with van der Waals surface area (Å²) in [5.41, 5.74) is 3.27. The summed E-state index contributed by atoms with van der Waals surface area (Å²) >= 11 is 0. The first-order valence-electron chi connectivity index (χ1n) is 7.70. The Morgan fingerprint density at radius 3 is 2.58 bits per heavy atom. The van der Waals surface area contributed by atoms with Gasteiger partial charge < -0.3 is 4.42 Å². The van der Waals surface area contributed by atoms with Crippen molar-refractivity contribution >= 4 is 17.2 Å². The molecule has 0 bridgehead atoms. The van der Waals surface area contributed by atoms with Gasteiger partial charge in [-0.25, -0.2) is 4.68 Å². The highest BCUT2D eigenvalue weighted by Gasteiger charge is 2.19. The molecule has 8 heteroatoms. The van der Waals surface area contributed by atoms with E-state index in [9.17, 15) is 14.9 Å². The van der Waals surface area contributed by atoms with E-state index in [1.807, 2.05) is 18.2 Å². The molecule has 1 N–H and O–H groups in total. The number of nitrogens with one attached hydrogen (secondary N) is 1. The van der Waals surface area contributed by atoms with Crippen molar-refractivity contribution in [3.8, 4) is 11.8 Å². The second kappa shape index (κ2) is 6.94. The van der Waals surface area contributed by atoms with Crippen molar-refractivity contribution < 1.29 is 9.21 Å². The number of Topliss-reactive ketones (excluding diaryl/α,β-unsaturated/α-hetero) is 1. The topological polar surface area (TPSA) is 105 Å². The molecule has 0 aliphatic rings. The maximum absolute atomic E-state index is 12.7. The fraction of sp³-hybridized carbons (Fsp3) is 0.111. The Bertz CT molecular complexity index is 1070. The van der Waals surface area contributed by atoms with E-state index in [0.717, 1.165) is 0 Å². The summed E-state index contributed by atoms with van der Waals surface area (Å²) in [7, 11) is 1.73. The van der Waals surface area contributed by atoms with E-state index < -0.39 is 11.5 Å². The number of aromatic nitrogens is 2. The van der Waals surface area contributed by atoms with Crippen LogP contribution in [0.5, 0.6) is 0 Å². The van der Waals surface area contributed by atoms with Gasteiger partial charge in [0.05, 0.1) is 17.6 Å². The SMILES string of the molecule is Cc1c(NN=C(C#N)C(=O)c2ccco2)c(=O)n(-c2ccccc2)n1C. The van der Waals surface area contributed by atoms with Gasteiger partial charge >= 0.3 is 0 Å². The Morgan fingerprint density at radius 1 is 1.23 bits per heavy atom. The van der Waals surface area contributed by atoms with Crippen LogP contribution in [-0.2, 0) is 7.05 Å². The molecular formula is C18H15N5O3. The number of ketones is 1. The molecule has 26 heavy (non-hydrogen) atoms. The first kappa shape index (κ1) is 17.0. The molecule has 8 nitrogen and oxygen atoms in total. The van der Waals surface area contributed by atoms with Crippen molar-refractivity contribution in [3.63, 3.8) is 0 Å². The van der Waals surface area contributed by atoms with Crippen molar-refractivity contribution in [2.45, 2.75) is 6.92 Å². The number of hydrogen-bond acceptors (Lipinski definition) is 6. The van der Waals surface area contributed by atoms with Gasteiger partial charge in [0.25, 0.3) is 11.3 Å². The van der Waals surface area contributed by atoms with Crippen LogP contribution >= 0.6 is 0 Å². The summed E-state index contributed by atoms with van der Waals surface area (Å²) in [5, 5.41) is 13.0. The van der Waals surface area contributed by atoms with E-state index in [1.165, 1.54) is 23.1 Å². The maximum Gasteiger partial charge on any atom is 0.296 e. The van der Waals surface area contributed by atoms with Crippen LogP contribution in [0.25, 0.3) is 5.69 Å². The fourth-order valence-corrected chi connectivity index (χ4v) is 2.46. The lowest BCUT2D eigenvalue weighted by Crippen LogP contribution is -2.21. The van der Waals surface area contributed by atoms with E-state index in [0.29, 0.717) is 11.4 Å². The summed E-state index contributed by atoms with van der Waals surface area (Å²) < 4.78 is 8.11. The maximum atomic E-state index is 12.7. The highest BCUT2D eigenvalue weighted by molar-refractivity contribution is 6.50. The van der Waals surface area contributed by atoms with Crippen LogP contribution < -0.4 is 11.0 Å². The Balaban J connectivity index is 1.97. The fourth-order valence-electron chi connectivity index (χ4n) is 2.46. The normalized spacial score (nSPS) is 11.2. The predicted octanol–water partition coefficient (Wildman–Crippen LogP) is 2.25. The van der Waals surface area contributed by atoms with Crippen LogP contribution in [0.1, 0.15) is 16.2 Å². The Labute approximate surface area is 148 Å². The standard InChI is InChI=1S/C18H15N5O3/c1-12-16(18(25)23(22(12)2)13-7-4-3-5-8-13)21-20-14(11-19)17(24)15-9-6-10-26-15/h3-10,21H,1-2H3. The minimum absolute atomic E-state index is 0.00131. The largest absolute Gasteiger partial charge is 0.461 e. The van der Waals surface area contributed by atoms with E-state index in [1.54, 1.807) is 36.9 Å². The summed E-state index contributed by atoms with van der Waals surface area (Å²) in [6.45, 7) is 1.74. The minimum atomic E-state index is -0.665. The molecule has 0 spiro atoms. The van der Waals surface area contributed by atoms with Crippen molar-refractivity contribution in [2.75, 3.05) is 5.43 Å². The summed E-state index contributed by atoms with van der Waals surface area (Å²) in [5.74, 6) is -0.666. The van der Waals surface area contributed by atoms with Crippen LogP contribution in [0.15, 0.2) is 63.0 Å². The van der Waals surface area contributed by atoms with E-state index in [-0.39, 0.29) is 17.0 Å². The van der Waals surface area contributed by atoms with Crippen molar-refractivity contribution in [1.29, 1.82) is 5.26 Å². The molecule has 2 aromatic heterocycles. The number of hydrazone groups is 1. The van der Waals surface area contributed by atoms with Gasteiger partial charge in [-0.05, 0) is 31.2 Å². The van der Waals surface area contributed by atoms with Crippen LogP contribution in [-0.4, -0.2) is 20.9 Å². The average molecular weight is 349 g/mol. The smallest absolute Gasteiger partial charge is 0.296 e. The average Bonchev–Trinajstić information content (AvgIpc) is 3.26. The highest BCUT2D eigenvalue weighted by Crippen LogP contribution is 2.14. The third kappa shape index (κ3) is 2.93. The number of para-hydroxylation sites is 1. The Morgan fingerprint density at radius 2 is 1.96 bits per heavy atom. The zero-order chi connectivity index (χ0) is 18.7. The van der Waals surface area contributed by atoms with Gasteiger partial charge in [0.1, 0.15) is 11.8 Å². The van der Waals surface area contributed by atoms with E-state index >= 15 is 0 Å². The number of benzene rings is 1. The lowest BCUT2D eigenvalue weighted by atomic mass is 10.2. The van der Waals surface area contributed by atoms with Crippen LogP contribution in [0.3, 0.4) is 0 Å². The van der Waals surface area contributed by atoms with Crippen molar-refractivity contribution in [3.05, 3.63) is 70.5 Å². The van der Waals surface area contributed by atoms with Gasteiger partial charge in [0, 0.05) is 7.05 Å². The molecule has 0 radical (unpaired) electrons. The number of carbonyl (C=O) groups excluding carboxylic acids is 1. The first-order valence-corrected chi connectivity index (χ1v) is 7.70. The lowest BCUT2D eigenvalue weighted by molar-refractivity contribution is 0.104. The molecular weight excluding hydrogens is 334 g/mol. The van der Waals surface area contributed by atoms with Gasteiger partial charge in [-0.1, -0.05) is 18.2 Å². The molecule has 0 fully saturated rings. The summed E-state index contributed by atoms with van der Waals surface area (Å²) in [6, 6.07) is 13.8. The van der Waals surface area contributed by atoms with Crippen LogP contribution in [0.4, 0.5) is 5.69 Å². The summed E-state index contributed by atoms with van der Waals surface area (Å²) in [6.07, 6.45) is 1.33. The number of nitrogens with zero attached hydrogens (tertiary/aromatic N) is 4. The molecule has 0 unspecified atom stereocenters. The Hall–Kier alpha value is -3.86. The molecule has 0 aliphatic heterocycles. The molecule has 0 aliphatic carbocycles. The van der Waals surface area contributed by atoms with E-state index in [2.05, 4.69) is 10.5 Å². The lowest BCUT2D eigenvalue weighted by Gasteiger charge is -2.07. The second-order valence-corrected chi connectivity index (χ2v) is 5.43. The second-order valence-electron chi connectivity index (χ2n) is 5.43. The molecule has 0 saturated heterocycles. The molecule has 3 aromatic rings. The minimum Gasteiger partial charge on any atom is -0.461 e. The number of nitriles is 1.